The summed E-state index contributed by atoms with van der Waals surface area (Å²) in [6, 6.07) is 0. The number of nitrogen functional groups attached to an aromatic ring is 1. The van der Waals surface area contributed by atoms with Gasteiger partial charge < -0.3 is 5.73 Å². The maximum absolute atomic E-state index is 5.83. The Morgan fingerprint density at radius 2 is 2.06 bits per heavy atom. The Kier molecular flexibility index (Phi) is 2.86. The van der Waals surface area contributed by atoms with Crippen LogP contribution >= 0.6 is 27.5 Å². The van der Waals surface area contributed by atoms with E-state index in [1.54, 1.807) is 4.68 Å². The summed E-state index contributed by atoms with van der Waals surface area (Å²) in [6.45, 7) is 3.81. The number of halogens is 2. The van der Waals surface area contributed by atoms with E-state index in [-0.39, 0.29) is 5.15 Å². The van der Waals surface area contributed by atoms with Crippen LogP contribution in [0.2, 0.25) is 5.15 Å². The number of hydrogen-bond acceptors (Lipinski definition) is 4. The maximum atomic E-state index is 5.83. The molecule has 2 N–H and O–H groups in total. The van der Waals surface area contributed by atoms with Crippen molar-refractivity contribution in [1.82, 2.24) is 19.7 Å². The zero-order chi connectivity index (χ0) is 11.9. The Morgan fingerprint density at radius 1 is 1.38 bits per heavy atom. The van der Waals surface area contributed by atoms with E-state index in [1.807, 2.05) is 13.8 Å². The van der Waals surface area contributed by atoms with Gasteiger partial charge in [0.15, 0.2) is 11.0 Å². The fraction of sp³-hybridized carbons (Fsp3) is 0.222. The van der Waals surface area contributed by atoms with Crippen molar-refractivity contribution in [3.05, 3.63) is 27.3 Å². The average molecular weight is 303 g/mol. The normalized spacial score (nSPS) is 10.8. The lowest BCUT2D eigenvalue weighted by atomic mass is 10.4. The molecule has 0 amide bonds. The van der Waals surface area contributed by atoms with Crippen LogP contribution in [0, 0.1) is 13.8 Å². The lowest BCUT2D eigenvalue weighted by Crippen LogP contribution is -2.07. The molecule has 0 aliphatic rings. The predicted molar refractivity (Wildman–Crippen MR) is 65.8 cm³/mol. The summed E-state index contributed by atoms with van der Waals surface area (Å²) >= 11 is 9.27. The van der Waals surface area contributed by atoms with Crippen LogP contribution in [0.3, 0.4) is 0 Å². The number of rotatable bonds is 1. The first kappa shape index (κ1) is 11.3. The molecule has 2 aromatic heterocycles. The highest BCUT2D eigenvalue weighted by Gasteiger charge is 2.15. The third kappa shape index (κ3) is 1.68. The van der Waals surface area contributed by atoms with Crippen molar-refractivity contribution in [1.29, 1.82) is 0 Å². The van der Waals surface area contributed by atoms with Gasteiger partial charge in [-0.3, -0.25) is 0 Å². The number of anilines is 1. The molecule has 2 heterocycles. The van der Waals surface area contributed by atoms with Gasteiger partial charge in [0.1, 0.15) is 12.0 Å². The van der Waals surface area contributed by atoms with Gasteiger partial charge in [-0.1, -0.05) is 11.6 Å². The largest absolute Gasteiger partial charge is 0.393 e. The van der Waals surface area contributed by atoms with Crippen LogP contribution in [-0.2, 0) is 0 Å². The Bertz CT molecular complexity index is 551. The van der Waals surface area contributed by atoms with E-state index >= 15 is 0 Å². The number of aromatic nitrogens is 4. The monoisotopic (exact) mass is 301 g/mol. The average Bonchev–Trinajstić information content (AvgIpc) is 2.50. The van der Waals surface area contributed by atoms with Gasteiger partial charge in [0, 0.05) is 0 Å². The second kappa shape index (κ2) is 4.03. The van der Waals surface area contributed by atoms with Crippen LogP contribution in [0.4, 0.5) is 5.69 Å². The maximum Gasteiger partial charge on any atom is 0.181 e. The van der Waals surface area contributed by atoms with E-state index in [4.69, 9.17) is 17.3 Å². The van der Waals surface area contributed by atoms with Gasteiger partial charge in [0.25, 0.3) is 0 Å². The van der Waals surface area contributed by atoms with E-state index in [0.29, 0.717) is 11.5 Å². The summed E-state index contributed by atoms with van der Waals surface area (Å²) in [6.07, 6.45) is 1.36. The number of nitrogens with zero attached hydrogens (tertiary/aromatic N) is 4. The van der Waals surface area contributed by atoms with Gasteiger partial charge in [-0.2, -0.15) is 5.10 Å². The van der Waals surface area contributed by atoms with Gasteiger partial charge in [-0.05, 0) is 29.8 Å². The number of nitrogens with two attached hydrogens (primary N) is 1. The lowest BCUT2D eigenvalue weighted by molar-refractivity contribution is 0.803. The Hall–Kier alpha value is -1.14. The van der Waals surface area contributed by atoms with Gasteiger partial charge in [0.05, 0.1) is 15.9 Å². The molecule has 0 fully saturated rings. The van der Waals surface area contributed by atoms with Crippen molar-refractivity contribution < 1.29 is 0 Å². The molecule has 0 spiro atoms. The van der Waals surface area contributed by atoms with Crippen LogP contribution in [0.5, 0.6) is 0 Å². The minimum atomic E-state index is 0.230. The first-order chi connectivity index (χ1) is 7.52. The molecule has 0 unspecified atom stereocenters. The fourth-order valence-corrected chi connectivity index (χ4v) is 1.74. The molecule has 0 bridgehead atoms. The summed E-state index contributed by atoms with van der Waals surface area (Å²) < 4.78 is 2.57. The third-order valence-electron chi connectivity index (χ3n) is 2.22. The molecular weight excluding hydrogens is 293 g/mol. The van der Waals surface area contributed by atoms with Gasteiger partial charge >= 0.3 is 0 Å². The van der Waals surface area contributed by atoms with E-state index in [1.165, 1.54) is 6.33 Å². The lowest BCUT2D eigenvalue weighted by Gasteiger charge is -2.06. The van der Waals surface area contributed by atoms with Crippen LogP contribution in [0.15, 0.2) is 10.8 Å². The number of aryl methyl sites for hydroxylation is 1. The molecule has 2 rings (SSSR count). The number of hydrogen-bond donors (Lipinski definition) is 1. The van der Waals surface area contributed by atoms with Crippen molar-refractivity contribution in [2.75, 3.05) is 5.73 Å². The van der Waals surface area contributed by atoms with Gasteiger partial charge in [-0.15, -0.1) is 0 Å². The molecule has 5 nitrogen and oxygen atoms in total. The van der Waals surface area contributed by atoms with E-state index in [9.17, 15) is 0 Å². The SMILES string of the molecule is Cc1nn(-c2ncnc(Cl)c2N)c(C)c1Br. The fourth-order valence-electron chi connectivity index (χ4n) is 1.36. The summed E-state index contributed by atoms with van der Waals surface area (Å²) in [5.74, 6) is 0.492. The van der Waals surface area contributed by atoms with Gasteiger partial charge in [0.2, 0.25) is 0 Å². The highest BCUT2D eigenvalue weighted by molar-refractivity contribution is 9.10. The Labute approximate surface area is 106 Å². The molecule has 7 heteroatoms. The standard InChI is InChI=1S/C9H9BrClN5/c1-4-6(10)5(2)16(15-4)9-7(12)8(11)13-3-14-9/h3H,12H2,1-2H3. The van der Waals surface area contributed by atoms with Crippen LogP contribution in [0.1, 0.15) is 11.4 Å². The summed E-state index contributed by atoms with van der Waals surface area (Å²) in [4.78, 5) is 7.88. The second-order valence-corrected chi connectivity index (χ2v) is 4.45. The third-order valence-corrected chi connectivity index (χ3v) is 3.67. The predicted octanol–water partition coefficient (Wildman–Crippen LogP) is 2.28. The molecule has 84 valence electrons. The summed E-state index contributed by atoms with van der Waals surface area (Å²) in [5.41, 5.74) is 7.91. The van der Waals surface area contributed by atoms with E-state index < -0.39 is 0 Å². The smallest absolute Gasteiger partial charge is 0.181 e. The summed E-state index contributed by atoms with van der Waals surface area (Å²) in [5, 5.41) is 4.55. The Balaban J connectivity index is 2.68. The van der Waals surface area contributed by atoms with Crippen molar-refractivity contribution in [3.8, 4) is 5.82 Å². The van der Waals surface area contributed by atoms with Crippen molar-refractivity contribution >= 4 is 33.2 Å². The molecule has 16 heavy (non-hydrogen) atoms. The quantitative estimate of drug-likeness (QED) is 0.821. The van der Waals surface area contributed by atoms with Crippen molar-refractivity contribution in [2.24, 2.45) is 0 Å². The van der Waals surface area contributed by atoms with Gasteiger partial charge in [-0.25, -0.2) is 14.6 Å². The molecule has 0 aromatic carbocycles. The highest BCUT2D eigenvalue weighted by atomic mass is 79.9. The minimum Gasteiger partial charge on any atom is -0.393 e. The summed E-state index contributed by atoms with van der Waals surface area (Å²) in [7, 11) is 0. The molecule has 0 radical (unpaired) electrons. The highest BCUT2D eigenvalue weighted by Crippen LogP contribution is 2.26. The zero-order valence-corrected chi connectivity index (χ0v) is 11.0. The molecular formula is C9H9BrClN5. The molecule has 0 aliphatic carbocycles. The Morgan fingerprint density at radius 3 is 2.62 bits per heavy atom. The first-order valence-corrected chi connectivity index (χ1v) is 5.67. The first-order valence-electron chi connectivity index (χ1n) is 4.50. The second-order valence-electron chi connectivity index (χ2n) is 3.30. The van der Waals surface area contributed by atoms with Crippen LogP contribution in [0.25, 0.3) is 5.82 Å². The molecule has 0 aliphatic heterocycles. The van der Waals surface area contributed by atoms with Crippen molar-refractivity contribution in [3.63, 3.8) is 0 Å². The molecule has 0 saturated heterocycles. The van der Waals surface area contributed by atoms with E-state index in [0.717, 1.165) is 15.9 Å². The molecule has 0 saturated carbocycles. The van der Waals surface area contributed by atoms with Crippen LogP contribution < -0.4 is 5.73 Å². The topological polar surface area (TPSA) is 69.6 Å². The van der Waals surface area contributed by atoms with E-state index in [2.05, 4.69) is 31.0 Å². The van der Waals surface area contributed by atoms with Crippen LogP contribution in [-0.4, -0.2) is 19.7 Å². The molecule has 0 atom stereocenters. The van der Waals surface area contributed by atoms with Crippen molar-refractivity contribution in [2.45, 2.75) is 13.8 Å². The zero-order valence-electron chi connectivity index (χ0n) is 8.70. The minimum absolute atomic E-state index is 0.230. The molecule has 2 aromatic rings.